The van der Waals surface area contributed by atoms with Crippen LogP contribution in [0.5, 0.6) is 0 Å². The maximum Gasteiger partial charge on any atom is 0.335 e. The molecule has 0 bridgehead atoms. The summed E-state index contributed by atoms with van der Waals surface area (Å²) < 4.78 is 0. The van der Waals surface area contributed by atoms with Crippen molar-refractivity contribution in [3.8, 4) is 6.07 Å². The summed E-state index contributed by atoms with van der Waals surface area (Å²) in [4.78, 5) is 11.7. The number of carbonyl (C=O) groups is 1. The van der Waals surface area contributed by atoms with Gasteiger partial charge < -0.3 is 5.11 Å². The molecule has 0 aromatic heterocycles. The minimum absolute atomic E-state index is 0.281. The summed E-state index contributed by atoms with van der Waals surface area (Å²) in [6.07, 6.45) is 0. The van der Waals surface area contributed by atoms with Gasteiger partial charge in [0.05, 0.1) is 17.0 Å². The van der Waals surface area contributed by atoms with E-state index >= 15 is 0 Å². The molecule has 1 atom stereocenters. The Labute approximate surface area is 91.7 Å². The maximum atomic E-state index is 10.8. The molecular weight excluding hydrogens is 210 g/mol. The number of carboxylic acids is 1. The number of thioether (sulfide) groups is 1. The number of nitriles is 1. The monoisotopic (exact) mass is 219 g/mol. The molecule has 2 rings (SSSR count). The van der Waals surface area contributed by atoms with Gasteiger partial charge >= 0.3 is 5.97 Å². The van der Waals surface area contributed by atoms with Crippen molar-refractivity contribution < 1.29 is 9.90 Å². The minimum atomic E-state index is -0.927. The van der Waals surface area contributed by atoms with Crippen molar-refractivity contribution in [2.45, 2.75) is 17.2 Å². The van der Waals surface area contributed by atoms with Gasteiger partial charge in [0.2, 0.25) is 0 Å². The lowest BCUT2D eigenvalue weighted by molar-refractivity contribution is 0.0696. The predicted molar refractivity (Wildman–Crippen MR) is 57.1 cm³/mol. The highest BCUT2D eigenvalue weighted by Crippen LogP contribution is 2.43. The Morgan fingerprint density at radius 3 is 3.00 bits per heavy atom. The molecule has 1 heterocycles. The van der Waals surface area contributed by atoms with Crippen molar-refractivity contribution in [2.75, 3.05) is 5.75 Å². The SMILES string of the molecule is CC1(C#N)CSc2cc(C(=O)O)ccc21. The summed E-state index contributed by atoms with van der Waals surface area (Å²) in [6, 6.07) is 7.23. The summed E-state index contributed by atoms with van der Waals surface area (Å²) in [6.45, 7) is 1.88. The van der Waals surface area contributed by atoms with Gasteiger partial charge in [0, 0.05) is 10.6 Å². The minimum Gasteiger partial charge on any atom is -0.478 e. The first kappa shape index (κ1) is 10.1. The van der Waals surface area contributed by atoms with Gasteiger partial charge in [0.15, 0.2) is 0 Å². The summed E-state index contributed by atoms with van der Waals surface area (Å²) in [5.41, 5.74) is 0.750. The second kappa shape index (κ2) is 3.28. The molecule has 0 spiro atoms. The molecule has 0 aliphatic carbocycles. The van der Waals surface area contributed by atoms with Crippen molar-refractivity contribution in [1.82, 2.24) is 0 Å². The van der Waals surface area contributed by atoms with Gasteiger partial charge in [0.1, 0.15) is 0 Å². The third-order valence-electron chi connectivity index (χ3n) is 2.59. The van der Waals surface area contributed by atoms with E-state index in [1.807, 2.05) is 6.92 Å². The number of aromatic carboxylic acids is 1. The summed E-state index contributed by atoms with van der Waals surface area (Å²) in [5, 5.41) is 17.9. The number of hydrogen-bond acceptors (Lipinski definition) is 3. The average molecular weight is 219 g/mol. The smallest absolute Gasteiger partial charge is 0.335 e. The Morgan fingerprint density at radius 1 is 1.67 bits per heavy atom. The van der Waals surface area contributed by atoms with E-state index < -0.39 is 11.4 Å². The van der Waals surface area contributed by atoms with Gasteiger partial charge in [-0.1, -0.05) is 6.07 Å². The van der Waals surface area contributed by atoms with E-state index in [9.17, 15) is 4.79 Å². The number of hydrogen-bond donors (Lipinski definition) is 1. The zero-order valence-electron chi connectivity index (χ0n) is 8.15. The lowest BCUT2D eigenvalue weighted by atomic mass is 9.86. The number of carboxylic acid groups (broad SMARTS) is 1. The van der Waals surface area contributed by atoms with Gasteiger partial charge in [-0.25, -0.2) is 4.79 Å². The van der Waals surface area contributed by atoms with Gasteiger partial charge in [-0.15, -0.1) is 11.8 Å². The number of fused-ring (bicyclic) bond motifs is 1. The van der Waals surface area contributed by atoms with Crippen molar-refractivity contribution in [3.05, 3.63) is 29.3 Å². The quantitative estimate of drug-likeness (QED) is 0.787. The van der Waals surface area contributed by atoms with E-state index in [2.05, 4.69) is 6.07 Å². The lowest BCUT2D eigenvalue weighted by Crippen LogP contribution is -2.18. The molecular formula is C11H9NO2S. The van der Waals surface area contributed by atoms with Gasteiger partial charge in [-0.05, 0) is 24.6 Å². The Balaban J connectivity index is 2.52. The number of benzene rings is 1. The molecule has 1 aromatic rings. The highest BCUT2D eigenvalue weighted by Gasteiger charge is 2.35. The normalized spacial score (nSPS) is 23.2. The molecule has 1 aromatic carbocycles. The van der Waals surface area contributed by atoms with Crippen LogP contribution in [0.1, 0.15) is 22.8 Å². The van der Waals surface area contributed by atoms with Crippen LogP contribution in [-0.2, 0) is 5.41 Å². The highest BCUT2D eigenvalue weighted by atomic mass is 32.2. The molecule has 0 saturated carbocycles. The van der Waals surface area contributed by atoms with Crippen LogP contribution in [0, 0.1) is 11.3 Å². The van der Waals surface area contributed by atoms with E-state index in [4.69, 9.17) is 10.4 Å². The number of rotatable bonds is 1. The molecule has 76 valence electrons. The van der Waals surface area contributed by atoms with Crippen molar-refractivity contribution in [2.24, 2.45) is 0 Å². The van der Waals surface area contributed by atoms with E-state index in [-0.39, 0.29) is 5.56 Å². The molecule has 3 nitrogen and oxygen atoms in total. The first-order chi connectivity index (χ1) is 7.07. The van der Waals surface area contributed by atoms with Crippen LogP contribution in [0.3, 0.4) is 0 Å². The number of nitrogens with zero attached hydrogens (tertiary/aromatic N) is 1. The van der Waals surface area contributed by atoms with E-state index in [1.165, 1.54) is 0 Å². The zero-order valence-corrected chi connectivity index (χ0v) is 8.97. The van der Waals surface area contributed by atoms with Gasteiger partial charge in [0.25, 0.3) is 0 Å². The van der Waals surface area contributed by atoms with Crippen LogP contribution >= 0.6 is 11.8 Å². The molecule has 0 radical (unpaired) electrons. The van der Waals surface area contributed by atoms with Crippen LogP contribution in [0.15, 0.2) is 23.1 Å². The Morgan fingerprint density at radius 2 is 2.40 bits per heavy atom. The van der Waals surface area contributed by atoms with E-state index in [1.54, 1.807) is 30.0 Å². The molecule has 4 heteroatoms. The second-order valence-electron chi connectivity index (χ2n) is 3.75. The van der Waals surface area contributed by atoms with Crippen LogP contribution < -0.4 is 0 Å². The van der Waals surface area contributed by atoms with Crippen molar-refractivity contribution in [1.29, 1.82) is 5.26 Å². The molecule has 0 amide bonds. The zero-order chi connectivity index (χ0) is 11.1. The van der Waals surface area contributed by atoms with Crippen LogP contribution in [0.25, 0.3) is 0 Å². The summed E-state index contributed by atoms with van der Waals surface area (Å²) >= 11 is 1.55. The summed E-state index contributed by atoms with van der Waals surface area (Å²) in [5.74, 6) is -0.231. The average Bonchev–Trinajstić information content (AvgIpc) is 2.57. The Kier molecular flexibility index (Phi) is 2.20. The third-order valence-corrected chi connectivity index (χ3v) is 3.96. The van der Waals surface area contributed by atoms with Crippen LogP contribution in [-0.4, -0.2) is 16.8 Å². The first-order valence-electron chi connectivity index (χ1n) is 4.49. The highest BCUT2D eigenvalue weighted by molar-refractivity contribution is 7.99. The van der Waals surface area contributed by atoms with Crippen LogP contribution in [0.2, 0.25) is 0 Å². The van der Waals surface area contributed by atoms with E-state index in [0.717, 1.165) is 10.5 Å². The fourth-order valence-electron chi connectivity index (χ4n) is 1.62. The molecule has 1 aliphatic rings. The maximum absolute atomic E-state index is 10.8. The van der Waals surface area contributed by atoms with Crippen LogP contribution in [0.4, 0.5) is 0 Å². The predicted octanol–water partition coefficient (Wildman–Crippen LogP) is 2.27. The molecule has 15 heavy (non-hydrogen) atoms. The van der Waals surface area contributed by atoms with Gasteiger partial charge in [-0.3, -0.25) is 0 Å². The van der Waals surface area contributed by atoms with E-state index in [0.29, 0.717) is 5.75 Å². The Bertz CT molecular complexity index is 478. The Hall–Kier alpha value is -1.47. The largest absolute Gasteiger partial charge is 0.478 e. The topological polar surface area (TPSA) is 61.1 Å². The molecule has 0 fully saturated rings. The standard InChI is InChI=1S/C11H9NO2S/c1-11(5-12)6-15-9-4-7(10(13)14)2-3-8(9)11/h2-4H,6H2,1H3,(H,13,14). The molecule has 1 N–H and O–H groups in total. The van der Waals surface area contributed by atoms with Crippen molar-refractivity contribution >= 4 is 17.7 Å². The molecule has 0 saturated heterocycles. The molecule has 1 aliphatic heterocycles. The second-order valence-corrected chi connectivity index (χ2v) is 4.77. The fraction of sp³-hybridized carbons (Fsp3) is 0.273. The first-order valence-corrected chi connectivity index (χ1v) is 5.47. The molecule has 1 unspecified atom stereocenters. The van der Waals surface area contributed by atoms with Crippen molar-refractivity contribution in [3.63, 3.8) is 0 Å². The fourth-order valence-corrected chi connectivity index (χ4v) is 2.95. The summed E-state index contributed by atoms with van der Waals surface area (Å²) in [7, 11) is 0. The lowest BCUT2D eigenvalue weighted by Gasteiger charge is -2.13. The van der Waals surface area contributed by atoms with Gasteiger partial charge in [-0.2, -0.15) is 5.26 Å². The third kappa shape index (κ3) is 1.49.